The van der Waals surface area contributed by atoms with Crippen LogP contribution in [0.2, 0.25) is 0 Å². The summed E-state index contributed by atoms with van der Waals surface area (Å²) in [6.45, 7) is 0.727. The fourth-order valence-electron chi connectivity index (χ4n) is 1.73. The molecule has 6 heteroatoms. The average Bonchev–Trinajstić information content (AvgIpc) is 2.47. The molecule has 1 aromatic carbocycles. The Morgan fingerprint density at radius 2 is 1.75 bits per heavy atom. The van der Waals surface area contributed by atoms with E-state index in [9.17, 15) is 4.79 Å². The molecule has 0 atom stereocenters. The van der Waals surface area contributed by atoms with Gasteiger partial charge in [0.05, 0.1) is 34.4 Å². The minimum absolute atomic E-state index is 0.160. The summed E-state index contributed by atoms with van der Waals surface area (Å²) >= 11 is 0. The summed E-state index contributed by atoms with van der Waals surface area (Å²) in [6.07, 6.45) is 0.878. The van der Waals surface area contributed by atoms with Gasteiger partial charge in [0.1, 0.15) is 0 Å². The quantitative estimate of drug-likeness (QED) is 0.721. The van der Waals surface area contributed by atoms with Crippen molar-refractivity contribution in [2.24, 2.45) is 5.73 Å². The summed E-state index contributed by atoms with van der Waals surface area (Å²) in [5, 5.41) is 0. The molecule has 2 N–H and O–H groups in total. The first-order valence-electron chi connectivity index (χ1n) is 6.30. The first kappa shape index (κ1) is 16.1. The molecule has 0 spiro atoms. The van der Waals surface area contributed by atoms with Crippen molar-refractivity contribution in [1.82, 2.24) is 0 Å². The van der Waals surface area contributed by atoms with Gasteiger partial charge < -0.3 is 24.7 Å². The third kappa shape index (κ3) is 4.31. The van der Waals surface area contributed by atoms with E-state index in [1.807, 2.05) is 12.1 Å². The molecule has 0 saturated carbocycles. The third-order valence-corrected chi connectivity index (χ3v) is 2.73. The lowest BCUT2D eigenvalue weighted by atomic mass is 10.1. The highest BCUT2D eigenvalue weighted by atomic mass is 16.5. The van der Waals surface area contributed by atoms with Gasteiger partial charge in [-0.05, 0) is 30.7 Å². The molecular formula is C14H21NO5. The Balaban J connectivity index is 2.89. The van der Waals surface area contributed by atoms with Crippen LogP contribution in [0.1, 0.15) is 12.0 Å². The van der Waals surface area contributed by atoms with Gasteiger partial charge in [-0.3, -0.25) is 4.79 Å². The Hall–Kier alpha value is -1.95. The van der Waals surface area contributed by atoms with Crippen LogP contribution in [0.25, 0.3) is 0 Å². The van der Waals surface area contributed by atoms with Gasteiger partial charge in [-0.25, -0.2) is 0 Å². The van der Waals surface area contributed by atoms with E-state index in [1.54, 1.807) is 14.2 Å². The number of benzene rings is 1. The van der Waals surface area contributed by atoms with E-state index in [2.05, 4.69) is 4.74 Å². The van der Waals surface area contributed by atoms with Gasteiger partial charge >= 0.3 is 5.97 Å². The van der Waals surface area contributed by atoms with Crippen molar-refractivity contribution in [3.05, 3.63) is 17.7 Å². The number of hydrogen-bond acceptors (Lipinski definition) is 6. The zero-order chi connectivity index (χ0) is 15.0. The second kappa shape index (κ2) is 8.27. The fraction of sp³-hybridized carbons (Fsp3) is 0.500. The van der Waals surface area contributed by atoms with Crippen LogP contribution in [0.15, 0.2) is 12.1 Å². The number of carbonyl (C=O) groups excluding carboxylic acids is 1. The number of esters is 1. The van der Waals surface area contributed by atoms with Crippen LogP contribution in [0.4, 0.5) is 0 Å². The summed E-state index contributed by atoms with van der Waals surface area (Å²) in [4.78, 5) is 11.1. The molecule has 1 aromatic rings. The molecule has 1 rings (SSSR count). The minimum atomic E-state index is -0.331. The topological polar surface area (TPSA) is 80.0 Å². The summed E-state index contributed by atoms with van der Waals surface area (Å²) in [5.41, 5.74) is 6.55. The Bertz CT molecular complexity index is 422. The molecule has 0 aliphatic rings. The van der Waals surface area contributed by atoms with Crippen LogP contribution in [-0.4, -0.2) is 40.5 Å². The zero-order valence-corrected chi connectivity index (χ0v) is 12.1. The molecule has 20 heavy (non-hydrogen) atoms. The summed E-state index contributed by atoms with van der Waals surface area (Å²) < 4.78 is 20.7. The first-order valence-corrected chi connectivity index (χ1v) is 6.30. The molecular weight excluding hydrogens is 262 g/mol. The largest absolute Gasteiger partial charge is 0.493 e. The number of hydrogen-bond donors (Lipinski definition) is 1. The number of rotatable bonds is 8. The first-order chi connectivity index (χ1) is 9.65. The van der Waals surface area contributed by atoms with Crippen molar-refractivity contribution >= 4 is 5.97 Å². The standard InChI is InChI=1S/C14H21NO5/c1-17-11-8-10(4-6-15)9-12(18-2)14(11)20-7-5-13(16)19-3/h8-9H,4-7,15H2,1-3H3. The van der Waals surface area contributed by atoms with Gasteiger partial charge in [0.15, 0.2) is 11.5 Å². The van der Waals surface area contributed by atoms with Gasteiger partial charge in [0.25, 0.3) is 0 Å². The van der Waals surface area contributed by atoms with E-state index in [1.165, 1.54) is 7.11 Å². The molecule has 0 aromatic heterocycles. The van der Waals surface area contributed by atoms with Crippen molar-refractivity contribution in [3.8, 4) is 17.2 Å². The van der Waals surface area contributed by atoms with Crippen LogP contribution in [0, 0.1) is 0 Å². The van der Waals surface area contributed by atoms with Gasteiger partial charge in [-0.15, -0.1) is 0 Å². The maximum atomic E-state index is 11.1. The number of nitrogens with two attached hydrogens (primary N) is 1. The van der Waals surface area contributed by atoms with Gasteiger partial charge in [0, 0.05) is 0 Å². The Morgan fingerprint density at radius 1 is 1.15 bits per heavy atom. The highest BCUT2D eigenvalue weighted by molar-refractivity contribution is 5.69. The highest BCUT2D eigenvalue weighted by Gasteiger charge is 2.14. The van der Waals surface area contributed by atoms with Crippen molar-refractivity contribution in [2.75, 3.05) is 34.5 Å². The normalized spacial score (nSPS) is 10.0. The molecule has 0 aliphatic heterocycles. The molecule has 0 fully saturated rings. The number of methoxy groups -OCH3 is 3. The van der Waals surface area contributed by atoms with Crippen molar-refractivity contribution in [3.63, 3.8) is 0 Å². The van der Waals surface area contributed by atoms with Crippen LogP contribution in [-0.2, 0) is 16.0 Å². The Morgan fingerprint density at radius 3 is 2.20 bits per heavy atom. The lowest BCUT2D eigenvalue weighted by molar-refractivity contribution is -0.141. The molecule has 0 aliphatic carbocycles. The average molecular weight is 283 g/mol. The predicted molar refractivity (Wildman–Crippen MR) is 74.4 cm³/mol. The van der Waals surface area contributed by atoms with Crippen molar-refractivity contribution < 1.29 is 23.7 Å². The summed E-state index contributed by atoms with van der Waals surface area (Å²) in [7, 11) is 4.44. The molecule has 0 unspecified atom stereocenters. The van der Waals surface area contributed by atoms with E-state index < -0.39 is 0 Å². The van der Waals surface area contributed by atoms with Gasteiger partial charge in [-0.1, -0.05) is 0 Å². The van der Waals surface area contributed by atoms with E-state index in [4.69, 9.17) is 19.9 Å². The van der Waals surface area contributed by atoms with Crippen LogP contribution in [0.5, 0.6) is 17.2 Å². The maximum absolute atomic E-state index is 11.1. The van der Waals surface area contributed by atoms with Crippen LogP contribution < -0.4 is 19.9 Å². The monoisotopic (exact) mass is 283 g/mol. The lowest BCUT2D eigenvalue weighted by Crippen LogP contribution is -2.09. The van der Waals surface area contributed by atoms with E-state index >= 15 is 0 Å². The van der Waals surface area contributed by atoms with Gasteiger partial charge in [0.2, 0.25) is 5.75 Å². The number of carbonyl (C=O) groups is 1. The molecule has 0 bridgehead atoms. The maximum Gasteiger partial charge on any atom is 0.308 e. The SMILES string of the molecule is COC(=O)CCOc1c(OC)cc(CCN)cc1OC. The molecule has 112 valence electrons. The predicted octanol–water partition coefficient (Wildman–Crippen LogP) is 1.15. The van der Waals surface area contributed by atoms with Crippen LogP contribution in [0.3, 0.4) is 0 Å². The van der Waals surface area contributed by atoms with Crippen molar-refractivity contribution in [2.45, 2.75) is 12.8 Å². The smallest absolute Gasteiger partial charge is 0.308 e. The molecule has 0 amide bonds. The second-order valence-electron chi connectivity index (χ2n) is 4.04. The lowest BCUT2D eigenvalue weighted by Gasteiger charge is -2.15. The Kier molecular flexibility index (Phi) is 6.66. The second-order valence-corrected chi connectivity index (χ2v) is 4.04. The van der Waals surface area contributed by atoms with E-state index in [0.717, 1.165) is 12.0 Å². The highest BCUT2D eigenvalue weighted by Crippen LogP contribution is 2.38. The molecule has 0 radical (unpaired) electrons. The molecule has 6 nitrogen and oxygen atoms in total. The summed E-state index contributed by atoms with van der Waals surface area (Å²) in [6, 6.07) is 3.70. The van der Waals surface area contributed by atoms with E-state index in [-0.39, 0.29) is 19.0 Å². The van der Waals surface area contributed by atoms with Crippen molar-refractivity contribution in [1.29, 1.82) is 0 Å². The molecule has 0 heterocycles. The fourth-order valence-corrected chi connectivity index (χ4v) is 1.73. The summed E-state index contributed by atoms with van der Waals surface area (Å²) in [5.74, 6) is 1.25. The third-order valence-electron chi connectivity index (χ3n) is 2.73. The number of ether oxygens (including phenoxy) is 4. The van der Waals surface area contributed by atoms with Crippen LogP contribution >= 0.6 is 0 Å². The molecule has 0 saturated heterocycles. The zero-order valence-electron chi connectivity index (χ0n) is 12.1. The Labute approximate surface area is 118 Å². The minimum Gasteiger partial charge on any atom is -0.493 e. The van der Waals surface area contributed by atoms with Gasteiger partial charge in [-0.2, -0.15) is 0 Å². The van der Waals surface area contributed by atoms with E-state index in [0.29, 0.717) is 23.8 Å².